The fraction of sp³-hybridized carbons (Fsp3) is 0.562. The molecule has 0 aliphatic carbocycles. The van der Waals surface area contributed by atoms with Crippen molar-refractivity contribution in [3.8, 4) is 5.75 Å². The number of carbonyl (C=O) groups excluding carboxylic acids is 1. The molecule has 0 aromatic heterocycles. The zero-order valence-electron chi connectivity index (χ0n) is 12.8. The number of ether oxygens (including phenoxy) is 2. The predicted molar refractivity (Wildman–Crippen MR) is 79.5 cm³/mol. The van der Waals surface area contributed by atoms with E-state index in [2.05, 4.69) is 5.32 Å². The number of hydrogen-bond acceptors (Lipinski definition) is 4. The van der Waals surface area contributed by atoms with Gasteiger partial charge in [0.1, 0.15) is 11.4 Å². The third-order valence-electron chi connectivity index (χ3n) is 3.68. The molecule has 2 rings (SSSR count). The first kappa shape index (κ1) is 15.8. The molecule has 5 heteroatoms. The first-order valence-electron chi connectivity index (χ1n) is 7.29. The highest BCUT2D eigenvalue weighted by Crippen LogP contribution is 2.25. The summed E-state index contributed by atoms with van der Waals surface area (Å²) >= 11 is 0. The molecule has 2 unspecified atom stereocenters. The molecule has 2 atom stereocenters. The minimum Gasteiger partial charge on any atom is -0.491 e. The Balaban J connectivity index is 1.97. The van der Waals surface area contributed by atoms with Gasteiger partial charge in [-0.2, -0.15) is 0 Å². The fourth-order valence-corrected chi connectivity index (χ4v) is 2.32. The summed E-state index contributed by atoms with van der Waals surface area (Å²) in [6, 6.07) is 7.02. The number of nitrogens with one attached hydrogen (secondary N) is 1. The molecule has 0 radical (unpaired) electrons. The van der Waals surface area contributed by atoms with Gasteiger partial charge >= 0.3 is 0 Å². The van der Waals surface area contributed by atoms with Crippen LogP contribution in [0.15, 0.2) is 24.3 Å². The largest absolute Gasteiger partial charge is 0.491 e. The average molecular weight is 293 g/mol. The van der Waals surface area contributed by atoms with Crippen LogP contribution in [0.5, 0.6) is 5.75 Å². The Kier molecular flexibility index (Phi) is 4.85. The number of hydrogen-bond donors (Lipinski definition) is 2. The van der Waals surface area contributed by atoms with Crippen molar-refractivity contribution >= 4 is 5.91 Å². The molecule has 1 aliphatic rings. The zero-order chi connectivity index (χ0) is 15.5. The van der Waals surface area contributed by atoms with E-state index < -0.39 is 5.60 Å². The van der Waals surface area contributed by atoms with E-state index in [1.165, 1.54) is 0 Å². The van der Waals surface area contributed by atoms with Gasteiger partial charge in [0, 0.05) is 25.1 Å². The summed E-state index contributed by atoms with van der Waals surface area (Å²) in [5.41, 5.74) is -0.467. The molecule has 0 saturated carbocycles. The van der Waals surface area contributed by atoms with Gasteiger partial charge in [-0.25, -0.2) is 0 Å². The van der Waals surface area contributed by atoms with Gasteiger partial charge in [0.15, 0.2) is 0 Å². The summed E-state index contributed by atoms with van der Waals surface area (Å²) in [6.07, 6.45) is 0.319. The lowest BCUT2D eigenvalue weighted by atomic mass is 9.96. The van der Waals surface area contributed by atoms with Crippen LogP contribution in [0.25, 0.3) is 0 Å². The average Bonchev–Trinajstić information content (AvgIpc) is 2.76. The molecule has 21 heavy (non-hydrogen) atoms. The molecule has 1 saturated heterocycles. The summed E-state index contributed by atoms with van der Waals surface area (Å²) in [4.78, 5) is 12.2. The van der Waals surface area contributed by atoms with Crippen LogP contribution in [-0.2, 0) is 4.74 Å². The van der Waals surface area contributed by atoms with Gasteiger partial charge in [-0.05, 0) is 39.0 Å². The van der Waals surface area contributed by atoms with Crippen molar-refractivity contribution in [2.45, 2.75) is 45.0 Å². The van der Waals surface area contributed by atoms with Crippen molar-refractivity contribution in [2.75, 3.05) is 13.2 Å². The van der Waals surface area contributed by atoms with Crippen LogP contribution in [0, 0.1) is 0 Å². The summed E-state index contributed by atoms with van der Waals surface area (Å²) in [5, 5.41) is 13.1. The Morgan fingerprint density at radius 2 is 2.33 bits per heavy atom. The van der Waals surface area contributed by atoms with Crippen LogP contribution in [0.3, 0.4) is 0 Å². The quantitative estimate of drug-likeness (QED) is 0.868. The first-order valence-corrected chi connectivity index (χ1v) is 7.29. The second-order valence-electron chi connectivity index (χ2n) is 5.74. The molecule has 1 heterocycles. The normalized spacial score (nSPS) is 25.1. The maximum atomic E-state index is 12.2. The molecule has 0 spiro atoms. The van der Waals surface area contributed by atoms with E-state index >= 15 is 0 Å². The van der Waals surface area contributed by atoms with Crippen molar-refractivity contribution in [3.63, 3.8) is 0 Å². The van der Waals surface area contributed by atoms with Crippen LogP contribution in [0.2, 0.25) is 0 Å². The fourth-order valence-electron chi connectivity index (χ4n) is 2.32. The lowest BCUT2D eigenvalue weighted by Gasteiger charge is -2.26. The van der Waals surface area contributed by atoms with Crippen LogP contribution < -0.4 is 10.1 Å². The lowest BCUT2D eigenvalue weighted by molar-refractivity contribution is -0.0251. The maximum absolute atomic E-state index is 12.2. The first-order chi connectivity index (χ1) is 9.90. The maximum Gasteiger partial charge on any atom is 0.251 e. The molecule has 1 aromatic carbocycles. The van der Waals surface area contributed by atoms with Crippen molar-refractivity contribution in [2.24, 2.45) is 0 Å². The molecular weight excluding hydrogens is 270 g/mol. The van der Waals surface area contributed by atoms with Crippen molar-refractivity contribution in [1.29, 1.82) is 0 Å². The third-order valence-corrected chi connectivity index (χ3v) is 3.68. The predicted octanol–water partition coefficient (Wildman–Crippen LogP) is 1.74. The Bertz CT molecular complexity index is 503. The Labute approximate surface area is 125 Å². The van der Waals surface area contributed by atoms with Gasteiger partial charge in [0.25, 0.3) is 5.91 Å². The van der Waals surface area contributed by atoms with E-state index in [4.69, 9.17) is 9.47 Å². The highest BCUT2D eigenvalue weighted by atomic mass is 16.5. The van der Waals surface area contributed by atoms with Crippen molar-refractivity contribution in [1.82, 2.24) is 5.32 Å². The van der Waals surface area contributed by atoms with E-state index in [1.54, 1.807) is 18.2 Å². The van der Waals surface area contributed by atoms with Crippen LogP contribution in [0.1, 0.15) is 37.6 Å². The monoisotopic (exact) mass is 293 g/mol. The topological polar surface area (TPSA) is 67.8 Å². The van der Waals surface area contributed by atoms with Gasteiger partial charge in [0.05, 0.1) is 12.2 Å². The molecule has 5 nitrogen and oxygen atoms in total. The second kappa shape index (κ2) is 6.45. The number of carbonyl (C=O) groups is 1. The van der Waals surface area contributed by atoms with Gasteiger partial charge < -0.3 is 19.9 Å². The van der Waals surface area contributed by atoms with Crippen molar-refractivity contribution < 1.29 is 19.4 Å². The molecule has 1 aliphatic heterocycles. The lowest BCUT2D eigenvalue weighted by Crippen LogP contribution is -2.47. The Morgan fingerprint density at radius 3 is 2.95 bits per heavy atom. The second-order valence-corrected chi connectivity index (χ2v) is 5.74. The molecule has 116 valence electrons. The van der Waals surface area contributed by atoms with Crippen LogP contribution in [0.4, 0.5) is 0 Å². The van der Waals surface area contributed by atoms with E-state index in [0.29, 0.717) is 24.3 Å². The number of benzene rings is 1. The number of amides is 1. The Hall–Kier alpha value is -1.59. The summed E-state index contributed by atoms with van der Waals surface area (Å²) in [5.74, 6) is 0.436. The number of aliphatic hydroxyl groups is 1. The standard InChI is InChI=1S/C16H23NO4/c1-11(2)21-14-6-4-5-13(9-14)15(18)17-10-16(19)7-8-20-12(16)3/h4-6,9,11-12,19H,7-8,10H2,1-3H3,(H,17,18). The van der Waals surface area contributed by atoms with Gasteiger partial charge in [-0.15, -0.1) is 0 Å². The third kappa shape index (κ3) is 3.95. The van der Waals surface area contributed by atoms with Gasteiger partial charge in [-0.1, -0.05) is 6.07 Å². The highest BCUT2D eigenvalue weighted by Gasteiger charge is 2.39. The molecule has 0 bridgehead atoms. The summed E-state index contributed by atoms with van der Waals surface area (Å²) in [6.45, 7) is 6.39. The summed E-state index contributed by atoms with van der Waals surface area (Å²) in [7, 11) is 0. The molecule has 1 aromatic rings. The molecule has 2 N–H and O–H groups in total. The van der Waals surface area contributed by atoms with Gasteiger partial charge in [0.2, 0.25) is 0 Å². The summed E-state index contributed by atoms with van der Waals surface area (Å²) < 4.78 is 10.9. The zero-order valence-corrected chi connectivity index (χ0v) is 12.8. The highest BCUT2D eigenvalue weighted by molar-refractivity contribution is 5.94. The Morgan fingerprint density at radius 1 is 1.57 bits per heavy atom. The molecular formula is C16H23NO4. The molecule has 1 fully saturated rings. The number of rotatable bonds is 5. The minimum atomic E-state index is -0.984. The van der Waals surface area contributed by atoms with E-state index in [0.717, 1.165) is 0 Å². The molecule has 1 amide bonds. The van der Waals surface area contributed by atoms with E-state index in [-0.39, 0.29) is 24.7 Å². The van der Waals surface area contributed by atoms with Crippen LogP contribution >= 0.6 is 0 Å². The SMILES string of the molecule is CC(C)Oc1cccc(C(=O)NCC2(O)CCOC2C)c1. The van der Waals surface area contributed by atoms with E-state index in [1.807, 2.05) is 26.8 Å². The van der Waals surface area contributed by atoms with E-state index in [9.17, 15) is 9.90 Å². The van der Waals surface area contributed by atoms with Gasteiger partial charge in [-0.3, -0.25) is 4.79 Å². The smallest absolute Gasteiger partial charge is 0.251 e. The van der Waals surface area contributed by atoms with Crippen LogP contribution in [-0.4, -0.2) is 42.0 Å². The minimum absolute atomic E-state index is 0.0560. The van der Waals surface area contributed by atoms with Crippen molar-refractivity contribution in [3.05, 3.63) is 29.8 Å².